The lowest BCUT2D eigenvalue weighted by Gasteiger charge is -1.97. The second-order valence-electron chi connectivity index (χ2n) is 1.77. The molecule has 2 nitrogen and oxygen atoms in total. The van der Waals surface area contributed by atoms with Crippen LogP contribution in [0.3, 0.4) is 0 Å². The molecule has 0 aliphatic heterocycles. The molecule has 0 amide bonds. The maximum Gasteiger partial charge on any atom is 0.172 e. The third-order valence-corrected chi connectivity index (χ3v) is 1.68. The van der Waals surface area contributed by atoms with Gasteiger partial charge < -0.3 is 5.11 Å². The van der Waals surface area contributed by atoms with Crippen LogP contribution in [0.15, 0.2) is 12.4 Å². The third-order valence-electron chi connectivity index (χ3n) is 1.08. The van der Waals surface area contributed by atoms with Gasteiger partial charge >= 0.3 is 0 Å². The Bertz CT molecular complexity index is 241. The first-order valence-corrected chi connectivity index (χ1v) is 3.75. The summed E-state index contributed by atoms with van der Waals surface area (Å²) < 4.78 is 12.7. The summed E-state index contributed by atoms with van der Waals surface area (Å²) in [5.41, 5.74) is 0.361. The van der Waals surface area contributed by atoms with Crippen LogP contribution in [0.2, 0.25) is 0 Å². The van der Waals surface area contributed by atoms with E-state index in [1.165, 1.54) is 6.20 Å². The standard InChI is InChI=1S/C6H5BrFNO/c7-1-4-2-9-3-5(10)6(4)8/h2-3,10H,1H2. The first-order valence-electron chi connectivity index (χ1n) is 2.63. The second-order valence-corrected chi connectivity index (χ2v) is 2.33. The Morgan fingerprint density at radius 1 is 1.60 bits per heavy atom. The van der Waals surface area contributed by atoms with Crippen molar-refractivity contribution in [1.29, 1.82) is 0 Å². The predicted molar refractivity (Wildman–Crippen MR) is 38.5 cm³/mol. The zero-order valence-electron chi connectivity index (χ0n) is 5.01. The highest BCUT2D eigenvalue weighted by atomic mass is 79.9. The molecule has 54 valence electrons. The van der Waals surface area contributed by atoms with E-state index in [1.54, 1.807) is 0 Å². The minimum absolute atomic E-state index is 0.361. The van der Waals surface area contributed by atoms with Crippen molar-refractivity contribution < 1.29 is 9.50 Å². The molecule has 0 unspecified atom stereocenters. The molecule has 1 rings (SSSR count). The van der Waals surface area contributed by atoms with Crippen LogP contribution in [0, 0.1) is 5.82 Å². The van der Waals surface area contributed by atoms with E-state index in [0.29, 0.717) is 10.9 Å². The van der Waals surface area contributed by atoms with Gasteiger partial charge in [0.15, 0.2) is 11.6 Å². The summed E-state index contributed by atoms with van der Waals surface area (Å²) in [6.07, 6.45) is 2.44. The highest BCUT2D eigenvalue weighted by molar-refractivity contribution is 9.08. The first kappa shape index (κ1) is 7.47. The normalized spacial score (nSPS) is 9.80. The van der Waals surface area contributed by atoms with Crippen molar-refractivity contribution in [2.24, 2.45) is 0 Å². The lowest BCUT2D eigenvalue weighted by atomic mass is 10.3. The summed E-state index contributed by atoms with van der Waals surface area (Å²) in [4.78, 5) is 3.60. The van der Waals surface area contributed by atoms with Gasteiger partial charge in [-0.05, 0) is 0 Å². The summed E-state index contributed by atoms with van der Waals surface area (Å²) in [5.74, 6) is -1.01. The summed E-state index contributed by atoms with van der Waals surface area (Å²) in [7, 11) is 0. The molecule has 0 bridgehead atoms. The molecule has 1 heterocycles. The molecule has 0 fully saturated rings. The van der Waals surface area contributed by atoms with Gasteiger partial charge in [-0.1, -0.05) is 15.9 Å². The van der Waals surface area contributed by atoms with Gasteiger partial charge in [-0.15, -0.1) is 0 Å². The van der Waals surface area contributed by atoms with Gasteiger partial charge in [0.1, 0.15) is 0 Å². The minimum Gasteiger partial charge on any atom is -0.504 e. The van der Waals surface area contributed by atoms with Gasteiger partial charge in [-0.3, -0.25) is 4.98 Å². The number of alkyl halides is 1. The van der Waals surface area contributed by atoms with Crippen molar-refractivity contribution in [2.45, 2.75) is 5.33 Å². The van der Waals surface area contributed by atoms with E-state index < -0.39 is 11.6 Å². The molecule has 0 aliphatic rings. The number of hydrogen-bond acceptors (Lipinski definition) is 2. The molecule has 0 saturated carbocycles. The van der Waals surface area contributed by atoms with Crippen LogP contribution in [0.5, 0.6) is 5.75 Å². The number of nitrogens with zero attached hydrogens (tertiary/aromatic N) is 1. The van der Waals surface area contributed by atoms with Crippen LogP contribution in [0.4, 0.5) is 4.39 Å². The van der Waals surface area contributed by atoms with Gasteiger partial charge in [-0.2, -0.15) is 0 Å². The Morgan fingerprint density at radius 2 is 2.30 bits per heavy atom. The lowest BCUT2D eigenvalue weighted by Crippen LogP contribution is -1.87. The summed E-state index contributed by atoms with van der Waals surface area (Å²) in [5, 5.41) is 9.13. The van der Waals surface area contributed by atoms with Crippen molar-refractivity contribution >= 4 is 15.9 Å². The number of rotatable bonds is 1. The van der Waals surface area contributed by atoms with Gasteiger partial charge in [0.2, 0.25) is 0 Å². The summed E-state index contributed by atoms with van der Waals surface area (Å²) >= 11 is 3.05. The zero-order valence-corrected chi connectivity index (χ0v) is 6.60. The smallest absolute Gasteiger partial charge is 0.172 e. The monoisotopic (exact) mass is 205 g/mol. The van der Waals surface area contributed by atoms with Gasteiger partial charge in [-0.25, -0.2) is 4.39 Å². The Labute approximate surface area is 65.8 Å². The van der Waals surface area contributed by atoms with Gasteiger partial charge in [0.05, 0.1) is 6.20 Å². The highest BCUT2D eigenvalue weighted by Gasteiger charge is 2.04. The van der Waals surface area contributed by atoms with E-state index in [-0.39, 0.29) is 0 Å². The van der Waals surface area contributed by atoms with E-state index in [9.17, 15) is 4.39 Å². The molecule has 0 saturated heterocycles. The van der Waals surface area contributed by atoms with Crippen molar-refractivity contribution in [3.8, 4) is 5.75 Å². The highest BCUT2D eigenvalue weighted by Crippen LogP contribution is 2.18. The molecule has 1 N–H and O–H groups in total. The van der Waals surface area contributed by atoms with E-state index in [4.69, 9.17) is 5.11 Å². The van der Waals surface area contributed by atoms with Crippen LogP contribution >= 0.6 is 15.9 Å². The Kier molecular flexibility index (Phi) is 2.21. The van der Waals surface area contributed by atoms with E-state index in [0.717, 1.165) is 6.20 Å². The fourth-order valence-corrected chi connectivity index (χ4v) is 0.960. The Hall–Kier alpha value is -0.640. The topological polar surface area (TPSA) is 33.1 Å². The number of halogens is 2. The van der Waals surface area contributed by atoms with Gasteiger partial charge in [0, 0.05) is 17.1 Å². The van der Waals surface area contributed by atoms with E-state index in [2.05, 4.69) is 20.9 Å². The molecule has 0 aliphatic carbocycles. The summed E-state index contributed by atoms with van der Waals surface area (Å²) in [6, 6.07) is 0. The van der Waals surface area contributed by atoms with Crippen LogP contribution in [-0.4, -0.2) is 10.1 Å². The largest absolute Gasteiger partial charge is 0.504 e. The molecule has 0 atom stereocenters. The van der Waals surface area contributed by atoms with Crippen LogP contribution in [-0.2, 0) is 5.33 Å². The molecule has 0 radical (unpaired) electrons. The van der Waals surface area contributed by atoms with Crippen molar-refractivity contribution in [3.63, 3.8) is 0 Å². The number of pyridine rings is 1. The quantitative estimate of drug-likeness (QED) is 0.711. The molecule has 0 spiro atoms. The van der Waals surface area contributed by atoms with E-state index >= 15 is 0 Å². The zero-order chi connectivity index (χ0) is 7.56. The maximum absolute atomic E-state index is 12.7. The van der Waals surface area contributed by atoms with Crippen LogP contribution < -0.4 is 0 Å². The maximum atomic E-state index is 12.7. The molecular weight excluding hydrogens is 201 g/mol. The molecule has 10 heavy (non-hydrogen) atoms. The van der Waals surface area contributed by atoms with E-state index in [1.807, 2.05) is 0 Å². The van der Waals surface area contributed by atoms with Crippen molar-refractivity contribution in [3.05, 3.63) is 23.8 Å². The predicted octanol–water partition coefficient (Wildman–Crippen LogP) is 1.82. The van der Waals surface area contributed by atoms with Crippen LogP contribution in [0.25, 0.3) is 0 Å². The fourth-order valence-electron chi connectivity index (χ4n) is 0.569. The Morgan fingerprint density at radius 3 is 2.80 bits per heavy atom. The van der Waals surface area contributed by atoms with Crippen molar-refractivity contribution in [1.82, 2.24) is 4.98 Å². The molecule has 4 heteroatoms. The Balaban J connectivity index is 3.14. The fraction of sp³-hybridized carbons (Fsp3) is 0.167. The molecule has 0 aromatic carbocycles. The minimum atomic E-state index is -0.605. The molecular formula is C6H5BrFNO. The lowest BCUT2D eigenvalue weighted by molar-refractivity contribution is 0.427. The number of aromatic hydroxyl groups is 1. The molecule has 1 aromatic heterocycles. The van der Waals surface area contributed by atoms with Crippen LogP contribution in [0.1, 0.15) is 5.56 Å². The number of hydrogen-bond donors (Lipinski definition) is 1. The second kappa shape index (κ2) is 2.96. The third kappa shape index (κ3) is 1.26. The average Bonchev–Trinajstić information content (AvgIpc) is 1.95. The van der Waals surface area contributed by atoms with Crippen molar-refractivity contribution in [2.75, 3.05) is 0 Å². The summed E-state index contributed by atoms with van der Waals surface area (Å²) in [6.45, 7) is 0. The average molecular weight is 206 g/mol. The number of aromatic nitrogens is 1. The SMILES string of the molecule is Oc1cncc(CBr)c1F. The first-order chi connectivity index (χ1) is 4.75. The molecule has 1 aromatic rings. The van der Waals surface area contributed by atoms with Gasteiger partial charge in [0.25, 0.3) is 0 Å².